The van der Waals surface area contributed by atoms with Crippen molar-refractivity contribution >= 4 is 8.32 Å². The molecule has 0 aliphatic heterocycles. The first kappa shape index (κ1) is 15.9. The second kappa shape index (κ2) is 5.47. The summed E-state index contributed by atoms with van der Waals surface area (Å²) in [6, 6.07) is 0. The molecule has 0 aliphatic carbocycles. The van der Waals surface area contributed by atoms with E-state index < -0.39 is 14.4 Å². The van der Waals surface area contributed by atoms with E-state index in [4.69, 9.17) is 4.43 Å². The molecule has 0 saturated carbocycles. The van der Waals surface area contributed by atoms with Crippen LogP contribution in [0.15, 0.2) is 12.2 Å². The van der Waals surface area contributed by atoms with E-state index in [-0.39, 0.29) is 11.0 Å². The monoisotopic (exact) mass is 244 g/mol. The van der Waals surface area contributed by atoms with Crippen molar-refractivity contribution in [2.75, 3.05) is 6.61 Å². The minimum atomic E-state index is -1.69. The summed E-state index contributed by atoms with van der Waals surface area (Å²) in [5.41, 5.74) is 0.811. The summed E-state index contributed by atoms with van der Waals surface area (Å²) in [6.07, 6.45) is -0.454. The molecule has 0 aromatic rings. The molecule has 0 fully saturated rings. The number of rotatable bonds is 5. The largest absolute Gasteiger partial charge is 0.416 e. The topological polar surface area (TPSA) is 29.5 Å². The number of aliphatic hydroxyl groups excluding tert-OH is 1. The molecule has 2 atom stereocenters. The molecule has 0 spiro atoms. The van der Waals surface area contributed by atoms with Crippen molar-refractivity contribution in [2.24, 2.45) is 5.92 Å². The Bertz CT molecular complexity index is 241. The van der Waals surface area contributed by atoms with E-state index in [1.54, 1.807) is 0 Å². The number of hydrogen-bond donors (Lipinski definition) is 1. The Morgan fingerprint density at radius 1 is 1.38 bits per heavy atom. The summed E-state index contributed by atoms with van der Waals surface area (Å²) in [7, 11) is -1.69. The van der Waals surface area contributed by atoms with Gasteiger partial charge in [-0.15, -0.1) is 0 Å². The average molecular weight is 244 g/mol. The van der Waals surface area contributed by atoms with Gasteiger partial charge in [0.25, 0.3) is 0 Å². The van der Waals surface area contributed by atoms with Crippen molar-refractivity contribution in [3.8, 4) is 0 Å². The van der Waals surface area contributed by atoms with Crippen LogP contribution in [0.5, 0.6) is 0 Å². The van der Waals surface area contributed by atoms with Gasteiger partial charge in [0, 0.05) is 12.5 Å². The standard InChI is InChI=1S/C13H28O2Si/c1-10(2)12(14)11(3)9-15-16(7,8)13(4,5)6/h11-12,14H,1,9H2,2-8H3/t11-,12?/m0/s1. The van der Waals surface area contributed by atoms with E-state index in [1.807, 2.05) is 13.8 Å². The lowest BCUT2D eigenvalue weighted by Gasteiger charge is -2.37. The van der Waals surface area contributed by atoms with Gasteiger partial charge in [-0.2, -0.15) is 0 Å². The lowest BCUT2D eigenvalue weighted by molar-refractivity contribution is 0.107. The summed E-state index contributed by atoms with van der Waals surface area (Å²) >= 11 is 0. The molecule has 0 rings (SSSR count). The van der Waals surface area contributed by atoms with Crippen LogP contribution in [-0.4, -0.2) is 26.1 Å². The summed E-state index contributed by atoms with van der Waals surface area (Å²) < 4.78 is 6.06. The van der Waals surface area contributed by atoms with Gasteiger partial charge < -0.3 is 9.53 Å². The number of aliphatic hydroxyl groups is 1. The Morgan fingerprint density at radius 2 is 1.81 bits per heavy atom. The van der Waals surface area contributed by atoms with Crippen molar-refractivity contribution in [3.05, 3.63) is 12.2 Å². The SMILES string of the molecule is C=C(C)C(O)[C@@H](C)CO[Si](C)(C)C(C)(C)C. The third-order valence-electron chi connectivity index (χ3n) is 3.56. The van der Waals surface area contributed by atoms with Gasteiger partial charge in [0.1, 0.15) is 0 Å². The zero-order valence-corrected chi connectivity index (χ0v) is 12.9. The third-order valence-corrected chi connectivity index (χ3v) is 8.06. The molecule has 0 aliphatic rings. The van der Waals surface area contributed by atoms with Crippen molar-refractivity contribution in [2.45, 2.75) is 58.9 Å². The van der Waals surface area contributed by atoms with Crippen LogP contribution in [0.4, 0.5) is 0 Å². The lowest BCUT2D eigenvalue weighted by Crippen LogP contribution is -2.42. The van der Waals surface area contributed by atoms with Gasteiger partial charge in [-0.1, -0.05) is 39.8 Å². The highest BCUT2D eigenvalue weighted by Crippen LogP contribution is 2.36. The summed E-state index contributed by atoms with van der Waals surface area (Å²) in [5.74, 6) is 0.117. The van der Waals surface area contributed by atoms with E-state index in [0.717, 1.165) is 5.57 Å². The molecule has 96 valence electrons. The molecule has 2 nitrogen and oxygen atoms in total. The molecule has 0 radical (unpaired) electrons. The quantitative estimate of drug-likeness (QED) is 0.591. The first-order chi connectivity index (χ1) is 6.99. The molecule has 0 heterocycles. The molecule has 16 heavy (non-hydrogen) atoms. The average Bonchev–Trinajstić information content (AvgIpc) is 2.11. The highest BCUT2D eigenvalue weighted by Gasteiger charge is 2.37. The van der Waals surface area contributed by atoms with Gasteiger partial charge in [0.15, 0.2) is 8.32 Å². The van der Waals surface area contributed by atoms with E-state index in [9.17, 15) is 5.11 Å². The molecule has 0 aromatic heterocycles. The third kappa shape index (κ3) is 4.40. The lowest BCUT2D eigenvalue weighted by atomic mass is 10.0. The second-order valence-electron chi connectivity index (χ2n) is 6.34. The summed E-state index contributed by atoms with van der Waals surface area (Å²) in [5, 5.41) is 10.1. The van der Waals surface area contributed by atoms with E-state index in [0.29, 0.717) is 6.61 Å². The maximum Gasteiger partial charge on any atom is 0.191 e. The molecular weight excluding hydrogens is 216 g/mol. The predicted molar refractivity (Wildman–Crippen MR) is 73.1 cm³/mol. The first-order valence-corrected chi connectivity index (χ1v) is 8.87. The fourth-order valence-corrected chi connectivity index (χ4v) is 2.25. The summed E-state index contributed by atoms with van der Waals surface area (Å²) in [4.78, 5) is 0. The zero-order chi connectivity index (χ0) is 13.1. The van der Waals surface area contributed by atoms with Gasteiger partial charge in [-0.05, 0) is 25.1 Å². The Morgan fingerprint density at radius 3 is 2.12 bits per heavy atom. The fourth-order valence-electron chi connectivity index (χ4n) is 1.13. The van der Waals surface area contributed by atoms with Crippen LogP contribution in [0.25, 0.3) is 0 Å². The van der Waals surface area contributed by atoms with Crippen LogP contribution in [0.2, 0.25) is 18.1 Å². The minimum absolute atomic E-state index is 0.117. The van der Waals surface area contributed by atoms with E-state index >= 15 is 0 Å². The Hall–Kier alpha value is -0.123. The summed E-state index contributed by atoms with van der Waals surface area (Å²) in [6.45, 7) is 19.4. The second-order valence-corrected chi connectivity index (χ2v) is 11.1. The molecular formula is C13H28O2Si. The Labute approximate surface area is 102 Å². The van der Waals surface area contributed by atoms with Crippen LogP contribution < -0.4 is 0 Å². The highest BCUT2D eigenvalue weighted by molar-refractivity contribution is 6.74. The van der Waals surface area contributed by atoms with Crippen LogP contribution in [-0.2, 0) is 4.43 Å². The van der Waals surface area contributed by atoms with E-state index in [1.165, 1.54) is 0 Å². The minimum Gasteiger partial charge on any atom is -0.416 e. The predicted octanol–water partition coefficient (Wildman–Crippen LogP) is 3.58. The van der Waals surface area contributed by atoms with Crippen molar-refractivity contribution in [3.63, 3.8) is 0 Å². The molecule has 1 unspecified atom stereocenters. The molecule has 0 bridgehead atoms. The number of hydrogen-bond acceptors (Lipinski definition) is 2. The van der Waals surface area contributed by atoms with E-state index in [2.05, 4.69) is 40.4 Å². The zero-order valence-electron chi connectivity index (χ0n) is 11.9. The molecule has 1 N–H and O–H groups in total. The van der Waals surface area contributed by atoms with Crippen molar-refractivity contribution in [1.29, 1.82) is 0 Å². The molecule has 0 aromatic carbocycles. The Balaban J connectivity index is 4.31. The Kier molecular flexibility index (Phi) is 5.43. The van der Waals surface area contributed by atoms with Crippen molar-refractivity contribution in [1.82, 2.24) is 0 Å². The maximum absolute atomic E-state index is 9.83. The molecule has 3 heteroatoms. The highest BCUT2D eigenvalue weighted by atomic mass is 28.4. The maximum atomic E-state index is 9.83. The van der Waals surface area contributed by atoms with Gasteiger partial charge in [0.05, 0.1) is 6.10 Å². The van der Waals surface area contributed by atoms with Gasteiger partial charge in [0.2, 0.25) is 0 Å². The van der Waals surface area contributed by atoms with Gasteiger partial charge in [-0.25, -0.2) is 0 Å². The van der Waals surface area contributed by atoms with Gasteiger partial charge >= 0.3 is 0 Å². The van der Waals surface area contributed by atoms with Crippen LogP contribution in [0, 0.1) is 5.92 Å². The van der Waals surface area contributed by atoms with Gasteiger partial charge in [-0.3, -0.25) is 0 Å². The first-order valence-electron chi connectivity index (χ1n) is 5.96. The van der Waals surface area contributed by atoms with Crippen LogP contribution in [0.3, 0.4) is 0 Å². The normalized spacial score (nSPS) is 17.0. The molecule has 0 amide bonds. The van der Waals surface area contributed by atoms with Crippen LogP contribution >= 0.6 is 0 Å². The van der Waals surface area contributed by atoms with Crippen molar-refractivity contribution < 1.29 is 9.53 Å². The molecule has 0 saturated heterocycles. The van der Waals surface area contributed by atoms with Crippen LogP contribution in [0.1, 0.15) is 34.6 Å². The smallest absolute Gasteiger partial charge is 0.191 e. The fraction of sp³-hybridized carbons (Fsp3) is 0.846.